The number of methoxy groups -OCH3 is 1. The van der Waals surface area contributed by atoms with Gasteiger partial charge in [0.2, 0.25) is 5.88 Å². The summed E-state index contributed by atoms with van der Waals surface area (Å²) in [5.74, 6) is 0.634. The van der Waals surface area contributed by atoms with Gasteiger partial charge in [-0.2, -0.15) is 0 Å². The van der Waals surface area contributed by atoms with E-state index in [4.69, 9.17) is 15.2 Å². The SMILES string of the molecule is COc1ncccc1COCC1(N)CCCCCC1. The fourth-order valence-corrected chi connectivity index (χ4v) is 2.66. The summed E-state index contributed by atoms with van der Waals surface area (Å²) >= 11 is 0. The van der Waals surface area contributed by atoms with Crippen LogP contribution in [0.25, 0.3) is 0 Å². The van der Waals surface area contributed by atoms with E-state index in [9.17, 15) is 0 Å². The van der Waals surface area contributed by atoms with Gasteiger partial charge in [0.1, 0.15) is 0 Å². The summed E-state index contributed by atoms with van der Waals surface area (Å²) in [6.45, 7) is 1.13. The minimum atomic E-state index is -0.147. The van der Waals surface area contributed by atoms with E-state index >= 15 is 0 Å². The van der Waals surface area contributed by atoms with Gasteiger partial charge in [0.25, 0.3) is 0 Å². The van der Waals surface area contributed by atoms with Crippen LogP contribution in [0.2, 0.25) is 0 Å². The van der Waals surface area contributed by atoms with Crippen molar-refractivity contribution in [3.63, 3.8) is 0 Å². The lowest BCUT2D eigenvalue weighted by atomic mass is 9.93. The van der Waals surface area contributed by atoms with Crippen molar-refractivity contribution in [2.24, 2.45) is 5.73 Å². The summed E-state index contributed by atoms with van der Waals surface area (Å²) in [6, 6.07) is 3.87. The topological polar surface area (TPSA) is 57.4 Å². The lowest BCUT2D eigenvalue weighted by Gasteiger charge is -2.27. The van der Waals surface area contributed by atoms with E-state index in [-0.39, 0.29) is 5.54 Å². The highest BCUT2D eigenvalue weighted by molar-refractivity contribution is 5.24. The molecule has 0 aliphatic heterocycles. The number of hydrogen-bond acceptors (Lipinski definition) is 4. The normalized spacial score (nSPS) is 18.8. The Bertz CT molecular complexity index is 387. The van der Waals surface area contributed by atoms with Gasteiger partial charge in [-0.15, -0.1) is 0 Å². The van der Waals surface area contributed by atoms with Gasteiger partial charge in [0.15, 0.2) is 0 Å². The Kier molecular flexibility index (Phi) is 5.16. The van der Waals surface area contributed by atoms with E-state index < -0.39 is 0 Å². The van der Waals surface area contributed by atoms with Gasteiger partial charge in [-0.1, -0.05) is 25.7 Å². The van der Waals surface area contributed by atoms with Gasteiger partial charge in [-0.3, -0.25) is 0 Å². The first-order valence-corrected chi connectivity index (χ1v) is 7.08. The maximum Gasteiger partial charge on any atom is 0.218 e. The molecule has 1 heterocycles. The molecule has 19 heavy (non-hydrogen) atoms. The summed E-state index contributed by atoms with van der Waals surface area (Å²) in [5, 5.41) is 0. The number of pyridine rings is 1. The largest absolute Gasteiger partial charge is 0.481 e. The van der Waals surface area contributed by atoms with Gasteiger partial charge in [0.05, 0.1) is 20.3 Å². The molecule has 1 fully saturated rings. The summed E-state index contributed by atoms with van der Waals surface area (Å²) in [6.07, 6.45) is 8.89. The van der Waals surface area contributed by atoms with Gasteiger partial charge < -0.3 is 15.2 Å². The molecule has 1 saturated carbocycles. The van der Waals surface area contributed by atoms with Crippen LogP contribution in [-0.2, 0) is 11.3 Å². The Labute approximate surface area is 115 Å². The van der Waals surface area contributed by atoms with Gasteiger partial charge in [0, 0.05) is 17.3 Å². The van der Waals surface area contributed by atoms with Crippen LogP contribution in [0.15, 0.2) is 18.3 Å². The first kappa shape index (κ1) is 14.3. The molecule has 1 aliphatic carbocycles. The maximum atomic E-state index is 6.42. The van der Waals surface area contributed by atoms with E-state index in [0.29, 0.717) is 19.1 Å². The third-order valence-corrected chi connectivity index (χ3v) is 3.79. The lowest BCUT2D eigenvalue weighted by molar-refractivity contribution is 0.0653. The Hall–Kier alpha value is -1.13. The molecule has 0 amide bonds. The molecule has 2 rings (SSSR count). The predicted octanol–water partition coefficient (Wildman–Crippen LogP) is 2.66. The minimum Gasteiger partial charge on any atom is -0.481 e. The Morgan fingerprint density at radius 2 is 2.00 bits per heavy atom. The van der Waals surface area contributed by atoms with Crippen molar-refractivity contribution in [2.45, 2.75) is 50.7 Å². The zero-order chi connectivity index (χ0) is 13.6. The van der Waals surface area contributed by atoms with Crippen LogP contribution >= 0.6 is 0 Å². The summed E-state index contributed by atoms with van der Waals surface area (Å²) in [5.41, 5.74) is 7.25. The second kappa shape index (κ2) is 6.87. The van der Waals surface area contributed by atoms with E-state index in [1.165, 1.54) is 25.7 Å². The first-order valence-electron chi connectivity index (χ1n) is 7.08. The Morgan fingerprint density at radius 1 is 1.26 bits per heavy atom. The van der Waals surface area contributed by atoms with Gasteiger partial charge >= 0.3 is 0 Å². The molecule has 2 N–H and O–H groups in total. The predicted molar refractivity (Wildman–Crippen MR) is 75.1 cm³/mol. The van der Waals surface area contributed by atoms with E-state index in [1.54, 1.807) is 13.3 Å². The summed E-state index contributed by atoms with van der Waals surface area (Å²) < 4.78 is 11.0. The number of rotatable bonds is 5. The molecule has 0 radical (unpaired) electrons. The van der Waals surface area contributed by atoms with Crippen molar-refractivity contribution < 1.29 is 9.47 Å². The highest BCUT2D eigenvalue weighted by Crippen LogP contribution is 2.25. The van der Waals surface area contributed by atoms with E-state index in [1.807, 2.05) is 12.1 Å². The molecule has 1 aromatic rings. The van der Waals surface area contributed by atoms with Gasteiger partial charge in [-0.05, 0) is 25.0 Å². The van der Waals surface area contributed by atoms with Crippen LogP contribution in [0, 0.1) is 0 Å². The minimum absolute atomic E-state index is 0.147. The van der Waals surface area contributed by atoms with Crippen LogP contribution < -0.4 is 10.5 Å². The Balaban J connectivity index is 1.85. The molecule has 0 saturated heterocycles. The quantitative estimate of drug-likeness (QED) is 0.831. The van der Waals surface area contributed by atoms with Crippen LogP contribution in [0.5, 0.6) is 5.88 Å². The number of aromatic nitrogens is 1. The molecule has 0 aromatic carbocycles. The standard InChI is InChI=1S/C15H24N2O2/c1-18-14-13(7-6-10-17-14)11-19-12-15(16)8-4-2-3-5-9-15/h6-7,10H,2-5,8-9,11-12,16H2,1H3. The van der Waals surface area contributed by atoms with Crippen molar-refractivity contribution in [1.82, 2.24) is 4.98 Å². The van der Waals surface area contributed by atoms with Gasteiger partial charge in [-0.25, -0.2) is 4.98 Å². The van der Waals surface area contributed by atoms with Crippen LogP contribution in [0.1, 0.15) is 44.1 Å². The highest BCUT2D eigenvalue weighted by atomic mass is 16.5. The fraction of sp³-hybridized carbons (Fsp3) is 0.667. The second-order valence-electron chi connectivity index (χ2n) is 5.44. The maximum absolute atomic E-state index is 6.42. The van der Waals surface area contributed by atoms with Crippen molar-refractivity contribution >= 4 is 0 Å². The zero-order valence-electron chi connectivity index (χ0n) is 11.7. The first-order chi connectivity index (χ1) is 9.23. The average Bonchev–Trinajstić information content (AvgIpc) is 2.64. The highest BCUT2D eigenvalue weighted by Gasteiger charge is 2.26. The third-order valence-electron chi connectivity index (χ3n) is 3.79. The average molecular weight is 264 g/mol. The molecule has 0 atom stereocenters. The van der Waals surface area contributed by atoms with Crippen molar-refractivity contribution in [3.8, 4) is 5.88 Å². The number of nitrogens with two attached hydrogens (primary N) is 1. The monoisotopic (exact) mass is 264 g/mol. The van der Waals surface area contributed by atoms with Crippen molar-refractivity contribution in [3.05, 3.63) is 23.9 Å². The summed E-state index contributed by atoms with van der Waals surface area (Å²) in [4.78, 5) is 4.16. The number of ether oxygens (including phenoxy) is 2. The molecule has 0 spiro atoms. The summed E-state index contributed by atoms with van der Waals surface area (Å²) in [7, 11) is 1.63. The van der Waals surface area contributed by atoms with Crippen molar-refractivity contribution in [1.29, 1.82) is 0 Å². The van der Waals surface area contributed by atoms with Crippen LogP contribution in [0.3, 0.4) is 0 Å². The zero-order valence-corrected chi connectivity index (χ0v) is 11.7. The Morgan fingerprint density at radius 3 is 2.68 bits per heavy atom. The fourth-order valence-electron chi connectivity index (χ4n) is 2.66. The molecule has 1 aliphatic rings. The molecular formula is C15H24N2O2. The molecule has 0 unspecified atom stereocenters. The molecule has 106 valence electrons. The van der Waals surface area contributed by atoms with E-state index in [0.717, 1.165) is 18.4 Å². The molecular weight excluding hydrogens is 240 g/mol. The second-order valence-corrected chi connectivity index (χ2v) is 5.44. The van der Waals surface area contributed by atoms with Crippen LogP contribution in [0.4, 0.5) is 0 Å². The van der Waals surface area contributed by atoms with Crippen LogP contribution in [-0.4, -0.2) is 24.2 Å². The third kappa shape index (κ3) is 4.18. The van der Waals surface area contributed by atoms with E-state index in [2.05, 4.69) is 4.98 Å². The molecule has 4 nitrogen and oxygen atoms in total. The molecule has 0 bridgehead atoms. The molecule has 4 heteroatoms. The smallest absolute Gasteiger partial charge is 0.218 e. The molecule has 1 aromatic heterocycles. The van der Waals surface area contributed by atoms with Crippen molar-refractivity contribution in [2.75, 3.05) is 13.7 Å². The lowest BCUT2D eigenvalue weighted by Crippen LogP contribution is -2.43. The number of hydrogen-bond donors (Lipinski definition) is 1. The number of nitrogens with zero attached hydrogens (tertiary/aromatic N) is 1.